The van der Waals surface area contributed by atoms with E-state index in [0.717, 1.165) is 10.6 Å². The fraction of sp³-hybridized carbons (Fsp3) is 0. The summed E-state index contributed by atoms with van der Waals surface area (Å²) < 4.78 is 0. The number of aliphatic carboxylic acids is 2. The second-order valence-corrected chi connectivity index (χ2v) is 4.36. The average Bonchev–Trinajstić information content (AvgIpc) is 2.57. The lowest BCUT2D eigenvalue weighted by Gasteiger charge is -2.03. The third-order valence-corrected chi connectivity index (χ3v) is 2.81. The van der Waals surface area contributed by atoms with Crippen LogP contribution in [0.3, 0.4) is 0 Å². The molecule has 0 bridgehead atoms. The molecule has 0 saturated carbocycles. The maximum atomic E-state index is 11.0. The largest absolute Gasteiger partial charge is 0.478 e. The minimum Gasteiger partial charge on any atom is -0.478 e. The van der Waals surface area contributed by atoms with Gasteiger partial charge in [-0.1, -0.05) is 23.9 Å². The van der Waals surface area contributed by atoms with Gasteiger partial charge in [0.2, 0.25) is 5.91 Å². The van der Waals surface area contributed by atoms with Crippen LogP contribution in [0.15, 0.2) is 52.8 Å². The summed E-state index contributed by atoms with van der Waals surface area (Å²) in [5.41, 5.74) is 0.887. The van der Waals surface area contributed by atoms with Gasteiger partial charge in [-0.15, -0.1) is 0 Å². The Morgan fingerprint density at radius 2 is 1.70 bits per heavy atom. The van der Waals surface area contributed by atoms with Crippen LogP contribution in [0.4, 0.5) is 5.69 Å². The first-order valence-electron chi connectivity index (χ1n) is 5.36. The van der Waals surface area contributed by atoms with Gasteiger partial charge in [0.15, 0.2) is 0 Å². The Labute approximate surface area is 118 Å². The van der Waals surface area contributed by atoms with E-state index < -0.39 is 11.9 Å². The van der Waals surface area contributed by atoms with Crippen molar-refractivity contribution in [3.8, 4) is 0 Å². The molecule has 3 N–H and O–H groups in total. The first kappa shape index (κ1) is 15.5. The van der Waals surface area contributed by atoms with Crippen LogP contribution >= 0.6 is 11.8 Å². The lowest BCUT2D eigenvalue weighted by molar-refractivity contribution is -0.134. The van der Waals surface area contributed by atoms with Crippen molar-refractivity contribution in [2.75, 3.05) is 5.32 Å². The van der Waals surface area contributed by atoms with Gasteiger partial charge in [-0.3, -0.25) is 4.79 Å². The van der Waals surface area contributed by atoms with Crippen molar-refractivity contribution in [3.05, 3.63) is 47.9 Å². The molecule has 0 spiro atoms. The Hall–Kier alpha value is -2.54. The number of fused-ring (bicyclic) bond motifs is 1. The number of amides is 1. The number of para-hydroxylation sites is 1. The molecule has 1 aliphatic heterocycles. The van der Waals surface area contributed by atoms with Crippen molar-refractivity contribution in [2.24, 2.45) is 0 Å². The molecule has 0 saturated heterocycles. The van der Waals surface area contributed by atoms with Crippen molar-refractivity contribution in [3.63, 3.8) is 0 Å². The number of thioether (sulfide) groups is 1. The molecule has 2 rings (SSSR count). The fourth-order valence-electron chi connectivity index (χ4n) is 1.16. The molecule has 1 aromatic carbocycles. The zero-order valence-corrected chi connectivity index (χ0v) is 11.0. The summed E-state index contributed by atoms with van der Waals surface area (Å²) in [6.07, 6.45) is 2.65. The SMILES string of the molecule is O=C(O)/C=C\C(=O)O.O=C1C=CSc2ccccc2N1. The lowest BCUT2D eigenvalue weighted by Crippen LogP contribution is -2.06. The normalized spacial score (nSPS) is 12.7. The topological polar surface area (TPSA) is 104 Å². The van der Waals surface area contributed by atoms with Gasteiger partial charge in [0.05, 0.1) is 5.69 Å². The molecule has 1 amide bonds. The third-order valence-electron chi connectivity index (χ3n) is 1.93. The summed E-state index contributed by atoms with van der Waals surface area (Å²) in [6, 6.07) is 7.74. The highest BCUT2D eigenvalue weighted by Crippen LogP contribution is 2.29. The Morgan fingerprint density at radius 3 is 2.30 bits per heavy atom. The monoisotopic (exact) mass is 293 g/mol. The van der Waals surface area contributed by atoms with Crippen molar-refractivity contribution in [1.82, 2.24) is 0 Å². The van der Waals surface area contributed by atoms with E-state index in [1.54, 1.807) is 17.2 Å². The zero-order chi connectivity index (χ0) is 15.0. The first-order chi connectivity index (χ1) is 9.49. The van der Waals surface area contributed by atoms with Crippen LogP contribution in [0, 0.1) is 0 Å². The number of hydrogen-bond donors (Lipinski definition) is 3. The first-order valence-corrected chi connectivity index (χ1v) is 6.24. The number of anilines is 1. The summed E-state index contributed by atoms with van der Waals surface area (Å²) in [5.74, 6) is -2.58. The molecule has 0 fully saturated rings. The number of benzene rings is 1. The standard InChI is InChI=1S/C9H7NOS.C4H4O4/c11-9-5-6-12-8-4-2-1-3-7(8)10-9;5-3(6)1-2-4(7)8/h1-6H,(H,10,11);1-2H,(H,5,6)(H,7,8)/b;2-1-. The van der Waals surface area contributed by atoms with E-state index in [9.17, 15) is 14.4 Å². The summed E-state index contributed by atoms with van der Waals surface area (Å²) >= 11 is 1.55. The lowest BCUT2D eigenvalue weighted by atomic mass is 10.3. The Bertz CT molecular complexity index is 564. The minimum absolute atomic E-state index is 0.0625. The van der Waals surface area contributed by atoms with E-state index in [-0.39, 0.29) is 5.91 Å². The molecular formula is C13H11NO5S. The number of carbonyl (C=O) groups excluding carboxylic acids is 1. The van der Waals surface area contributed by atoms with E-state index in [2.05, 4.69) is 5.32 Å². The number of rotatable bonds is 2. The second-order valence-electron chi connectivity index (χ2n) is 3.42. The van der Waals surface area contributed by atoms with Crippen LogP contribution in [-0.2, 0) is 14.4 Å². The number of carbonyl (C=O) groups is 3. The Kier molecular flexibility index (Phi) is 6.05. The Morgan fingerprint density at radius 1 is 1.10 bits per heavy atom. The molecule has 1 heterocycles. The maximum absolute atomic E-state index is 11.0. The van der Waals surface area contributed by atoms with E-state index >= 15 is 0 Å². The van der Waals surface area contributed by atoms with Crippen molar-refractivity contribution in [2.45, 2.75) is 4.90 Å². The molecule has 104 valence electrons. The predicted octanol–water partition coefficient (Wildman–Crippen LogP) is 1.96. The summed E-state index contributed by atoms with van der Waals surface area (Å²) in [6.45, 7) is 0. The van der Waals surface area contributed by atoms with E-state index in [1.807, 2.05) is 24.3 Å². The number of carboxylic acids is 2. The molecule has 0 atom stereocenters. The van der Waals surface area contributed by atoms with Crippen molar-refractivity contribution >= 4 is 35.3 Å². The second kappa shape index (κ2) is 7.80. The van der Waals surface area contributed by atoms with Crippen LogP contribution in [0.1, 0.15) is 0 Å². The molecule has 0 aromatic heterocycles. The van der Waals surface area contributed by atoms with Crippen LogP contribution in [-0.4, -0.2) is 28.1 Å². The van der Waals surface area contributed by atoms with E-state index in [4.69, 9.17) is 10.2 Å². The van der Waals surface area contributed by atoms with E-state index in [0.29, 0.717) is 12.2 Å². The van der Waals surface area contributed by atoms with Gasteiger partial charge < -0.3 is 15.5 Å². The fourth-order valence-corrected chi connectivity index (χ4v) is 1.90. The molecule has 0 aliphatic carbocycles. The van der Waals surface area contributed by atoms with Crippen LogP contribution in [0.25, 0.3) is 0 Å². The van der Waals surface area contributed by atoms with Crippen LogP contribution in [0.2, 0.25) is 0 Å². The van der Waals surface area contributed by atoms with Gasteiger partial charge in [-0.2, -0.15) is 0 Å². The number of carboxylic acid groups (broad SMARTS) is 2. The summed E-state index contributed by atoms with van der Waals surface area (Å²) in [7, 11) is 0. The summed E-state index contributed by atoms with van der Waals surface area (Å²) in [4.78, 5) is 31.2. The highest BCUT2D eigenvalue weighted by molar-refractivity contribution is 8.02. The molecule has 0 unspecified atom stereocenters. The highest BCUT2D eigenvalue weighted by atomic mass is 32.2. The van der Waals surface area contributed by atoms with Gasteiger partial charge in [0, 0.05) is 23.1 Å². The van der Waals surface area contributed by atoms with Gasteiger partial charge >= 0.3 is 11.9 Å². The number of nitrogens with one attached hydrogen (secondary N) is 1. The molecule has 7 heteroatoms. The molecule has 1 aromatic rings. The highest BCUT2D eigenvalue weighted by Gasteiger charge is 2.06. The predicted molar refractivity (Wildman–Crippen MR) is 74.5 cm³/mol. The van der Waals surface area contributed by atoms with Crippen molar-refractivity contribution < 1.29 is 24.6 Å². The molecule has 1 aliphatic rings. The van der Waals surface area contributed by atoms with Crippen molar-refractivity contribution in [1.29, 1.82) is 0 Å². The van der Waals surface area contributed by atoms with Crippen LogP contribution < -0.4 is 5.32 Å². The average molecular weight is 293 g/mol. The van der Waals surface area contributed by atoms with E-state index in [1.165, 1.54) is 6.08 Å². The minimum atomic E-state index is -1.26. The smallest absolute Gasteiger partial charge is 0.328 e. The quantitative estimate of drug-likeness (QED) is 0.720. The molecular weight excluding hydrogens is 282 g/mol. The van der Waals surface area contributed by atoms with Crippen LogP contribution in [0.5, 0.6) is 0 Å². The molecule has 6 nitrogen and oxygen atoms in total. The third kappa shape index (κ3) is 5.87. The molecule has 0 radical (unpaired) electrons. The van der Waals surface area contributed by atoms with Gasteiger partial charge in [-0.05, 0) is 17.5 Å². The molecule has 20 heavy (non-hydrogen) atoms. The van der Waals surface area contributed by atoms with Gasteiger partial charge in [-0.25, -0.2) is 9.59 Å². The van der Waals surface area contributed by atoms with Gasteiger partial charge in [0.1, 0.15) is 0 Å². The Balaban J connectivity index is 0.000000221. The summed E-state index contributed by atoms with van der Waals surface area (Å²) in [5, 5.41) is 20.2. The maximum Gasteiger partial charge on any atom is 0.328 e. The number of hydrogen-bond acceptors (Lipinski definition) is 4. The van der Waals surface area contributed by atoms with Gasteiger partial charge in [0.25, 0.3) is 0 Å². The zero-order valence-electron chi connectivity index (χ0n) is 10.1.